The van der Waals surface area contributed by atoms with E-state index in [0.29, 0.717) is 13.2 Å². The van der Waals surface area contributed by atoms with E-state index in [1.54, 1.807) is 0 Å². The van der Waals surface area contributed by atoms with Crippen molar-refractivity contribution in [2.24, 2.45) is 0 Å². The van der Waals surface area contributed by atoms with Crippen LogP contribution >= 0.6 is 0 Å². The molecule has 0 spiro atoms. The molecular weight excluding hydrogens is 435 g/mol. The molecule has 0 fully saturated rings. The zero-order valence-electron chi connectivity index (χ0n) is 16.0. The Morgan fingerprint density at radius 2 is 1.27 bits per heavy atom. The van der Waals surface area contributed by atoms with Crippen LogP contribution in [0.2, 0.25) is 0 Å². The van der Waals surface area contributed by atoms with Crippen LogP contribution in [0.3, 0.4) is 0 Å². The lowest BCUT2D eigenvalue weighted by Crippen LogP contribution is -3.61. The van der Waals surface area contributed by atoms with Gasteiger partial charge in [-0.3, -0.25) is 0 Å². The van der Waals surface area contributed by atoms with Crippen molar-refractivity contribution in [2.75, 3.05) is 6.61 Å². The maximum atomic E-state index is 5.35. The summed E-state index contributed by atoms with van der Waals surface area (Å²) in [5, 5.41) is 0. The number of hydrogen-bond acceptors (Lipinski definition) is 2. The predicted octanol–water partition coefficient (Wildman–Crippen LogP) is 3.40. The van der Waals surface area contributed by atoms with E-state index in [0.717, 1.165) is 6.42 Å². The number of hydrogen-bond donors (Lipinski definition) is 0. The molecule has 2 aromatic rings. The fourth-order valence-corrected chi connectivity index (χ4v) is 4.92. The average Bonchev–Trinajstić information content (AvgIpc) is 2.68. The van der Waals surface area contributed by atoms with Gasteiger partial charge in [0.15, 0.2) is 7.14 Å². The fraction of sp³-hybridized carbons (Fsp3) is 0.478. The van der Waals surface area contributed by atoms with Crippen LogP contribution in [0.15, 0.2) is 54.6 Å². The Morgan fingerprint density at radius 1 is 0.654 bits per heavy atom. The Labute approximate surface area is 169 Å². The monoisotopic (exact) mass is 467 g/mol. The van der Waals surface area contributed by atoms with Gasteiger partial charge in [0.05, 0.1) is 6.61 Å². The first kappa shape index (κ1) is 21.4. The van der Waals surface area contributed by atoms with Crippen LogP contribution in [0.4, 0.5) is 0 Å². The highest BCUT2D eigenvalue weighted by atomic mass is 127. The number of unbranched alkanes of at least 4 members (excludes halogenated alkanes) is 7. The lowest BCUT2D eigenvalue weighted by Gasteiger charge is -2.04. The summed E-state index contributed by atoms with van der Waals surface area (Å²) in [4.78, 5) is 10.7. The summed E-state index contributed by atoms with van der Waals surface area (Å²) in [7, 11) is 0. The Bertz CT molecular complexity index is 569. The minimum atomic E-state index is -0.0876. The van der Waals surface area contributed by atoms with Gasteiger partial charge >= 0.3 is 21.2 Å². The second-order valence-electron chi connectivity index (χ2n) is 6.58. The van der Waals surface area contributed by atoms with Crippen LogP contribution in [0, 0.1) is 7.14 Å². The van der Waals surface area contributed by atoms with Crippen LogP contribution in [0.5, 0.6) is 0 Å². The zero-order chi connectivity index (χ0) is 18.3. The lowest BCUT2D eigenvalue weighted by molar-refractivity contribution is -0.597. The van der Waals surface area contributed by atoms with Gasteiger partial charge in [0.1, 0.15) is 6.61 Å². The third-order valence-electron chi connectivity index (χ3n) is 4.25. The molecule has 0 radical (unpaired) electrons. The Kier molecular flexibility index (Phi) is 11.7. The Hall–Kier alpha value is -0.910. The second kappa shape index (κ2) is 14.2. The molecule has 0 N–H and O–H groups in total. The van der Waals surface area contributed by atoms with Crippen molar-refractivity contribution in [3.63, 3.8) is 0 Å². The summed E-state index contributed by atoms with van der Waals surface area (Å²) in [6.45, 7) is 3.49. The molecule has 0 saturated carbocycles. The SMILES string of the molecule is CCCCCCCCCCOOCc1ccc([I+]c2ccccc2)cc1. The zero-order valence-corrected chi connectivity index (χ0v) is 18.1. The van der Waals surface area contributed by atoms with Gasteiger partial charge < -0.3 is 0 Å². The molecule has 0 atom stereocenters. The normalized spacial score (nSPS) is 11.0. The quantitative estimate of drug-likeness (QED) is 0.184. The van der Waals surface area contributed by atoms with Gasteiger partial charge in [0.2, 0.25) is 0 Å². The summed E-state index contributed by atoms with van der Waals surface area (Å²) < 4.78 is 2.88. The van der Waals surface area contributed by atoms with Crippen LogP contribution in [0.25, 0.3) is 0 Å². The fourth-order valence-electron chi connectivity index (χ4n) is 2.71. The molecule has 0 saturated heterocycles. The number of benzene rings is 2. The third-order valence-corrected chi connectivity index (χ3v) is 6.94. The standard InChI is InChI=1S/C23H32IO2/c1-2-3-4-5-6-7-8-12-19-25-26-20-21-15-17-23(18-16-21)24-22-13-10-9-11-14-22/h9-11,13-18H,2-8,12,19-20H2,1H3/q+1. The van der Waals surface area contributed by atoms with E-state index in [1.165, 1.54) is 57.6 Å². The second-order valence-corrected chi connectivity index (χ2v) is 9.61. The van der Waals surface area contributed by atoms with E-state index in [9.17, 15) is 0 Å². The first-order chi connectivity index (χ1) is 12.9. The molecule has 0 aliphatic carbocycles. The van der Waals surface area contributed by atoms with Crippen LogP contribution in [-0.2, 0) is 16.4 Å². The highest BCUT2D eigenvalue weighted by Gasteiger charge is 2.14. The maximum Gasteiger partial charge on any atom is 0.357 e. The van der Waals surface area contributed by atoms with Crippen molar-refractivity contribution in [1.82, 2.24) is 0 Å². The van der Waals surface area contributed by atoms with Crippen molar-refractivity contribution >= 4 is 0 Å². The van der Waals surface area contributed by atoms with E-state index >= 15 is 0 Å². The van der Waals surface area contributed by atoms with Crippen LogP contribution < -0.4 is 21.2 Å². The molecule has 0 heterocycles. The predicted molar refractivity (Wildman–Crippen MR) is 104 cm³/mol. The number of rotatable bonds is 14. The molecule has 2 rings (SSSR count). The minimum absolute atomic E-state index is 0.0876. The molecule has 2 nitrogen and oxygen atoms in total. The molecule has 26 heavy (non-hydrogen) atoms. The molecule has 0 aromatic heterocycles. The van der Waals surface area contributed by atoms with E-state index in [1.807, 2.05) is 0 Å². The van der Waals surface area contributed by atoms with Crippen molar-refractivity contribution in [1.29, 1.82) is 0 Å². The molecule has 0 aliphatic rings. The molecule has 142 valence electrons. The van der Waals surface area contributed by atoms with Crippen LogP contribution in [0.1, 0.15) is 63.9 Å². The van der Waals surface area contributed by atoms with Crippen molar-refractivity contribution in [3.8, 4) is 0 Å². The highest BCUT2D eigenvalue weighted by Crippen LogP contribution is 2.08. The first-order valence-corrected chi connectivity index (χ1v) is 12.1. The van der Waals surface area contributed by atoms with Gasteiger partial charge in [-0.1, -0.05) is 82.2 Å². The molecule has 0 aliphatic heterocycles. The van der Waals surface area contributed by atoms with Gasteiger partial charge in [-0.25, -0.2) is 9.78 Å². The third kappa shape index (κ3) is 9.70. The highest BCUT2D eigenvalue weighted by molar-refractivity contribution is 5.13. The Balaban J connectivity index is 1.49. The van der Waals surface area contributed by atoms with E-state index in [4.69, 9.17) is 9.78 Å². The molecule has 2 aromatic carbocycles. The van der Waals surface area contributed by atoms with Gasteiger partial charge in [-0.05, 0) is 36.2 Å². The van der Waals surface area contributed by atoms with Crippen molar-refractivity contribution < 1.29 is 31.0 Å². The summed E-state index contributed by atoms with van der Waals surface area (Å²) in [5.41, 5.74) is 1.17. The van der Waals surface area contributed by atoms with E-state index in [-0.39, 0.29) is 21.2 Å². The number of halogens is 1. The summed E-state index contributed by atoms with van der Waals surface area (Å²) in [5.74, 6) is 0. The molecule has 0 bridgehead atoms. The largest absolute Gasteiger partial charge is 0.357 e. The molecular formula is C23H32IO2+. The Morgan fingerprint density at radius 3 is 1.96 bits per heavy atom. The molecule has 0 unspecified atom stereocenters. The van der Waals surface area contributed by atoms with Crippen molar-refractivity contribution in [2.45, 2.75) is 64.9 Å². The molecule has 0 amide bonds. The van der Waals surface area contributed by atoms with Gasteiger partial charge in [0.25, 0.3) is 0 Å². The average molecular weight is 467 g/mol. The molecule has 3 heteroatoms. The lowest BCUT2D eigenvalue weighted by atomic mass is 10.1. The van der Waals surface area contributed by atoms with Crippen molar-refractivity contribution in [3.05, 3.63) is 67.3 Å². The summed E-state index contributed by atoms with van der Waals surface area (Å²) >= 11 is -0.0876. The summed E-state index contributed by atoms with van der Waals surface area (Å²) in [6, 6.07) is 19.5. The van der Waals surface area contributed by atoms with Gasteiger partial charge in [-0.2, -0.15) is 0 Å². The van der Waals surface area contributed by atoms with Gasteiger partial charge in [-0.15, -0.1) is 0 Å². The maximum absolute atomic E-state index is 5.35. The smallest absolute Gasteiger partial charge is 0.236 e. The van der Waals surface area contributed by atoms with E-state index in [2.05, 4.69) is 61.5 Å². The van der Waals surface area contributed by atoms with E-state index < -0.39 is 0 Å². The summed E-state index contributed by atoms with van der Waals surface area (Å²) in [6.07, 6.45) is 10.5. The van der Waals surface area contributed by atoms with Gasteiger partial charge in [0, 0.05) is 0 Å². The van der Waals surface area contributed by atoms with Crippen LogP contribution in [-0.4, -0.2) is 6.61 Å². The first-order valence-electron chi connectivity index (χ1n) is 9.91. The minimum Gasteiger partial charge on any atom is -0.236 e. The topological polar surface area (TPSA) is 18.5 Å².